The van der Waals surface area contributed by atoms with Gasteiger partial charge in [-0.3, -0.25) is 14.4 Å². The molecular weight excluding hydrogens is 488 g/mol. The van der Waals surface area contributed by atoms with Crippen LogP contribution in [-0.4, -0.2) is 56.5 Å². The molecule has 2 rings (SSSR count). The summed E-state index contributed by atoms with van der Waals surface area (Å²) in [5, 5.41) is 0. The van der Waals surface area contributed by atoms with Crippen LogP contribution in [0.3, 0.4) is 0 Å². The molecule has 8 heteroatoms. The standard InChI is InChI=1S/C12H22O2.C9H18O4.C9H10O2/c1-9(13)14-11-8-6-5-7-10(11)12(2,3)4;1-7(11-4)5-12-8(2)6-13-9(3)10;1-8(10)11-7-9-5-3-2-4-6-9/h10-11H,5-8H2,1-4H3;7-8H,5-6H2,1-4H3;2-6H,7H2,1H3. The minimum atomic E-state index is -0.282. The molecule has 1 aromatic carbocycles. The fraction of sp³-hybridized carbons (Fsp3) is 0.700. The van der Waals surface area contributed by atoms with E-state index in [1.807, 2.05) is 44.2 Å². The van der Waals surface area contributed by atoms with Crippen LogP contribution < -0.4 is 0 Å². The largest absolute Gasteiger partial charge is 0.463 e. The molecule has 0 amide bonds. The van der Waals surface area contributed by atoms with Gasteiger partial charge in [0.2, 0.25) is 0 Å². The number of carbonyl (C=O) groups is 3. The Balaban J connectivity index is 0.000000544. The summed E-state index contributed by atoms with van der Waals surface area (Å²) >= 11 is 0. The number of hydrogen-bond acceptors (Lipinski definition) is 8. The lowest BCUT2D eigenvalue weighted by atomic mass is 9.71. The summed E-state index contributed by atoms with van der Waals surface area (Å²) in [6.07, 6.45) is 4.86. The van der Waals surface area contributed by atoms with Gasteiger partial charge in [0.05, 0.1) is 18.8 Å². The molecule has 0 spiro atoms. The molecule has 0 radical (unpaired) electrons. The molecule has 4 unspecified atom stereocenters. The summed E-state index contributed by atoms with van der Waals surface area (Å²) in [6, 6.07) is 9.60. The molecule has 1 aliphatic carbocycles. The fourth-order valence-corrected chi connectivity index (χ4v) is 3.85. The molecule has 218 valence electrons. The lowest BCUT2D eigenvalue weighted by Crippen LogP contribution is -2.37. The SMILES string of the molecule is CC(=O)OC1CCCCC1C(C)(C)C.CC(=O)OCc1ccccc1.COC(C)COC(C)COC(C)=O. The van der Waals surface area contributed by atoms with Crippen LogP contribution in [0.4, 0.5) is 0 Å². The van der Waals surface area contributed by atoms with Gasteiger partial charge in [-0.25, -0.2) is 0 Å². The van der Waals surface area contributed by atoms with Gasteiger partial charge in [0.25, 0.3) is 0 Å². The third-order valence-corrected chi connectivity index (χ3v) is 5.96. The molecule has 0 bridgehead atoms. The Kier molecular flexibility index (Phi) is 18.3. The van der Waals surface area contributed by atoms with E-state index in [1.165, 1.54) is 40.0 Å². The quantitative estimate of drug-likeness (QED) is 0.283. The first kappa shape index (κ1) is 35.5. The maximum absolute atomic E-state index is 11.0. The summed E-state index contributed by atoms with van der Waals surface area (Å²) in [5.41, 5.74) is 1.27. The molecule has 8 nitrogen and oxygen atoms in total. The summed E-state index contributed by atoms with van der Waals surface area (Å²) in [5.74, 6) is -0.129. The Hall–Kier alpha value is -2.45. The maximum Gasteiger partial charge on any atom is 0.302 e. The number of hydrogen-bond donors (Lipinski definition) is 0. The number of methoxy groups -OCH3 is 1. The smallest absolute Gasteiger partial charge is 0.302 e. The van der Waals surface area contributed by atoms with Gasteiger partial charge in [-0.15, -0.1) is 0 Å². The first-order valence-electron chi connectivity index (χ1n) is 13.4. The maximum atomic E-state index is 11.0. The lowest BCUT2D eigenvalue weighted by molar-refractivity contribution is -0.154. The van der Waals surface area contributed by atoms with Crippen LogP contribution in [-0.2, 0) is 44.7 Å². The normalized spacial score (nSPS) is 18.3. The zero-order chi connectivity index (χ0) is 29.1. The van der Waals surface area contributed by atoms with E-state index in [0.29, 0.717) is 25.7 Å². The van der Waals surface area contributed by atoms with Crippen molar-refractivity contribution in [3.63, 3.8) is 0 Å². The Bertz CT molecular complexity index is 787. The van der Waals surface area contributed by atoms with Gasteiger partial charge in [-0.05, 0) is 44.1 Å². The molecule has 1 saturated carbocycles. The van der Waals surface area contributed by atoms with Gasteiger partial charge in [-0.2, -0.15) is 0 Å². The summed E-state index contributed by atoms with van der Waals surface area (Å²) in [6.45, 7) is 15.9. The second kappa shape index (κ2) is 19.6. The van der Waals surface area contributed by atoms with Crippen molar-refractivity contribution in [1.29, 1.82) is 0 Å². The summed E-state index contributed by atoms with van der Waals surface area (Å²) in [7, 11) is 1.63. The molecule has 1 aromatic rings. The number of esters is 3. The van der Waals surface area contributed by atoms with E-state index in [4.69, 9.17) is 23.7 Å². The molecule has 0 aromatic heterocycles. The summed E-state index contributed by atoms with van der Waals surface area (Å²) in [4.78, 5) is 31.8. The lowest BCUT2D eigenvalue weighted by Gasteiger charge is -2.39. The predicted octanol–water partition coefficient (Wildman–Crippen LogP) is 5.89. The van der Waals surface area contributed by atoms with Crippen LogP contribution in [0.5, 0.6) is 0 Å². The van der Waals surface area contributed by atoms with Crippen LogP contribution in [0.15, 0.2) is 30.3 Å². The Labute approximate surface area is 229 Å². The topological polar surface area (TPSA) is 97.4 Å². The van der Waals surface area contributed by atoms with Crippen molar-refractivity contribution in [2.45, 2.75) is 106 Å². The molecule has 1 fully saturated rings. The number of rotatable bonds is 9. The Morgan fingerprint density at radius 3 is 1.92 bits per heavy atom. The minimum Gasteiger partial charge on any atom is -0.463 e. The van der Waals surface area contributed by atoms with Crippen LogP contribution in [0.1, 0.15) is 86.6 Å². The Morgan fingerprint density at radius 2 is 1.42 bits per heavy atom. The molecule has 4 atom stereocenters. The van der Waals surface area contributed by atoms with Crippen molar-refractivity contribution in [1.82, 2.24) is 0 Å². The van der Waals surface area contributed by atoms with Gasteiger partial charge in [0.15, 0.2) is 0 Å². The van der Waals surface area contributed by atoms with E-state index in [9.17, 15) is 14.4 Å². The zero-order valence-corrected chi connectivity index (χ0v) is 24.9. The van der Waals surface area contributed by atoms with Crippen molar-refractivity contribution in [2.75, 3.05) is 20.3 Å². The highest BCUT2D eigenvalue weighted by atomic mass is 16.6. The van der Waals surface area contributed by atoms with Gasteiger partial charge < -0.3 is 23.7 Å². The van der Waals surface area contributed by atoms with Crippen molar-refractivity contribution >= 4 is 17.9 Å². The van der Waals surface area contributed by atoms with Gasteiger partial charge in [-0.1, -0.05) is 57.5 Å². The van der Waals surface area contributed by atoms with Crippen LogP contribution in [0, 0.1) is 11.3 Å². The van der Waals surface area contributed by atoms with E-state index >= 15 is 0 Å². The molecule has 0 heterocycles. The molecule has 0 saturated heterocycles. The van der Waals surface area contributed by atoms with Crippen molar-refractivity contribution in [3.05, 3.63) is 35.9 Å². The molecule has 0 N–H and O–H groups in total. The highest BCUT2D eigenvalue weighted by Crippen LogP contribution is 2.39. The third kappa shape index (κ3) is 18.7. The second-order valence-electron chi connectivity index (χ2n) is 10.7. The van der Waals surface area contributed by atoms with E-state index in [1.54, 1.807) is 7.11 Å². The molecule has 38 heavy (non-hydrogen) atoms. The third-order valence-electron chi connectivity index (χ3n) is 5.96. The monoisotopic (exact) mass is 538 g/mol. The average molecular weight is 539 g/mol. The van der Waals surface area contributed by atoms with E-state index < -0.39 is 0 Å². The van der Waals surface area contributed by atoms with Gasteiger partial charge in [0.1, 0.15) is 19.3 Å². The van der Waals surface area contributed by atoms with E-state index in [-0.39, 0.29) is 41.6 Å². The highest BCUT2D eigenvalue weighted by molar-refractivity contribution is 5.66. The minimum absolute atomic E-state index is 0.0692. The van der Waals surface area contributed by atoms with Crippen LogP contribution in [0.2, 0.25) is 0 Å². The Morgan fingerprint density at radius 1 is 0.842 bits per heavy atom. The number of benzene rings is 1. The van der Waals surface area contributed by atoms with Gasteiger partial charge in [0, 0.05) is 33.8 Å². The summed E-state index contributed by atoms with van der Waals surface area (Å²) < 4.78 is 25.3. The first-order chi connectivity index (χ1) is 17.8. The van der Waals surface area contributed by atoms with Crippen molar-refractivity contribution in [2.24, 2.45) is 11.3 Å². The first-order valence-corrected chi connectivity index (χ1v) is 13.4. The van der Waals surface area contributed by atoms with Gasteiger partial charge >= 0.3 is 17.9 Å². The van der Waals surface area contributed by atoms with E-state index in [0.717, 1.165) is 12.0 Å². The van der Waals surface area contributed by atoms with E-state index in [2.05, 4.69) is 20.8 Å². The second-order valence-corrected chi connectivity index (χ2v) is 10.7. The number of carbonyl (C=O) groups excluding carboxylic acids is 3. The fourth-order valence-electron chi connectivity index (χ4n) is 3.85. The van der Waals surface area contributed by atoms with Crippen LogP contribution >= 0.6 is 0 Å². The predicted molar refractivity (Wildman–Crippen MR) is 147 cm³/mol. The van der Waals surface area contributed by atoms with Crippen molar-refractivity contribution < 1.29 is 38.1 Å². The highest BCUT2D eigenvalue weighted by Gasteiger charge is 2.35. The molecule has 0 aliphatic heterocycles. The molecule has 1 aliphatic rings. The zero-order valence-electron chi connectivity index (χ0n) is 24.9. The number of ether oxygens (including phenoxy) is 5. The molecular formula is C30H50O8. The van der Waals surface area contributed by atoms with Crippen molar-refractivity contribution in [3.8, 4) is 0 Å². The van der Waals surface area contributed by atoms with Crippen LogP contribution in [0.25, 0.3) is 0 Å². The average Bonchev–Trinajstić information content (AvgIpc) is 2.85.